The van der Waals surface area contributed by atoms with E-state index >= 15 is 0 Å². The Morgan fingerprint density at radius 1 is 1.33 bits per heavy atom. The third-order valence-corrected chi connectivity index (χ3v) is 4.89. The average Bonchev–Trinajstić information content (AvgIpc) is 2.62. The molecule has 3 heterocycles. The fraction of sp³-hybridized carbons (Fsp3) is 0.667. The molecule has 1 aromatic rings. The molecule has 2 aliphatic heterocycles. The maximum absolute atomic E-state index is 12.7. The van der Waals surface area contributed by atoms with E-state index in [0.717, 1.165) is 51.4 Å². The van der Waals surface area contributed by atoms with Crippen LogP contribution in [0.5, 0.6) is 5.88 Å². The molecule has 0 radical (unpaired) electrons. The third-order valence-electron chi connectivity index (χ3n) is 4.89. The molecule has 1 N–H and O–H groups in total. The van der Waals surface area contributed by atoms with Gasteiger partial charge in [-0.05, 0) is 39.3 Å². The number of piperidine rings is 1. The molecule has 2 fully saturated rings. The van der Waals surface area contributed by atoms with E-state index < -0.39 is 0 Å². The summed E-state index contributed by atoms with van der Waals surface area (Å²) in [5.41, 5.74) is 0. The Morgan fingerprint density at radius 2 is 2.12 bits per heavy atom. The van der Waals surface area contributed by atoms with Crippen LogP contribution in [0.4, 0.5) is 5.82 Å². The number of aromatic nitrogens is 1. The van der Waals surface area contributed by atoms with E-state index in [2.05, 4.69) is 22.1 Å². The van der Waals surface area contributed by atoms with E-state index in [9.17, 15) is 4.79 Å². The van der Waals surface area contributed by atoms with Crippen LogP contribution in [0.3, 0.4) is 0 Å². The molecule has 24 heavy (non-hydrogen) atoms. The van der Waals surface area contributed by atoms with Crippen LogP contribution in [0.2, 0.25) is 0 Å². The summed E-state index contributed by atoms with van der Waals surface area (Å²) in [6.45, 7) is 8.90. The maximum Gasteiger partial charge on any atom is 0.225 e. The second-order valence-electron chi connectivity index (χ2n) is 6.66. The summed E-state index contributed by atoms with van der Waals surface area (Å²) in [6.07, 6.45) is 1.92. The summed E-state index contributed by atoms with van der Waals surface area (Å²) >= 11 is 0. The van der Waals surface area contributed by atoms with Crippen molar-refractivity contribution in [3.8, 4) is 5.88 Å². The number of anilines is 1. The summed E-state index contributed by atoms with van der Waals surface area (Å²) in [5.74, 6) is 2.12. The summed E-state index contributed by atoms with van der Waals surface area (Å²) in [6, 6.07) is 6.31. The van der Waals surface area contributed by atoms with Gasteiger partial charge in [-0.1, -0.05) is 6.07 Å². The predicted molar refractivity (Wildman–Crippen MR) is 94.4 cm³/mol. The second kappa shape index (κ2) is 7.83. The first kappa shape index (κ1) is 17.0. The maximum atomic E-state index is 12.7. The smallest absolute Gasteiger partial charge is 0.225 e. The standard InChI is InChI=1S/C18H28N4O2/c1-3-24-17-6-4-5-16(20-17)21-9-11-22(12-10-21)18(23)15-7-8-19-14(2)13-15/h4-6,14-15,19H,3,7-13H2,1-2H3/t14-,15-/m0/s1. The minimum Gasteiger partial charge on any atom is -0.478 e. The van der Waals surface area contributed by atoms with Crippen molar-refractivity contribution in [1.29, 1.82) is 0 Å². The van der Waals surface area contributed by atoms with Crippen molar-refractivity contribution in [2.75, 3.05) is 44.2 Å². The first-order chi connectivity index (χ1) is 11.7. The van der Waals surface area contributed by atoms with Crippen molar-refractivity contribution in [3.63, 3.8) is 0 Å². The second-order valence-corrected chi connectivity index (χ2v) is 6.66. The number of rotatable bonds is 4. The van der Waals surface area contributed by atoms with Crippen LogP contribution >= 0.6 is 0 Å². The Hall–Kier alpha value is -1.82. The van der Waals surface area contributed by atoms with E-state index in [1.807, 2.05) is 30.0 Å². The number of carbonyl (C=O) groups excluding carboxylic acids is 1. The molecule has 2 atom stereocenters. The molecule has 0 aliphatic carbocycles. The van der Waals surface area contributed by atoms with Gasteiger partial charge in [0.25, 0.3) is 0 Å². The zero-order valence-electron chi connectivity index (χ0n) is 14.7. The highest BCUT2D eigenvalue weighted by molar-refractivity contribution is 5.79. The van der Waals surface area contributed by atoms with Gasteiger partial charge in [0.1, 0.15) is 5.82 Å². The molecule has 0 saturated carbocycles. The quantitative estimate of drug-likeness (QED) is 0.906. The molecule has 6 nitrogen and oxygen atoms in total. The van der Waals surface area contributed by atoms with E-state index in [1.165, 1.54) is 0 Å². The lowest BCUT2D eigenvalue weighted by Gasteiger charge is -2.38. The summed E-state index contributed by atoms with van der Waals surface area (Å²) in [7, 11) is 0. The predicted octanol–water partition coefficient (Wildman–Crippen LogP) is 1.52. The third kappa shape index (κ3) is 3.98. The lowest BCUT2D eigenvalue weighted by Crippen LogP contribution is -2.52. The largest absolute Gasteiger partial charge is 0.478 e. The molecule has 1 amide bonds. The van der Waals surface area contributed by atoms with Gasteiger partial charge in [0.2, 0.25) is 11.8 Å². The van der Waals surface area contributed by atoms with Crippen molar-refractivity contribution >= 4 is 11.7 Å². The average molecular weight is 332 g/mol. The van der Waals surface area contributed by atoms with Crippen LogP contribution in [0, 0.1) is 5.92 Å². The number of nitrogens with zero attached hydrogens (tertiary/aromatic N) is 3. The molecule has 1 aromatic heterocycles. The molecule has 0 aromatic carbocycles. The van der Waals surface area contributed by atoms with E-state index in [4.69, 9.17) is 4.74 Å². The highest BCUT2D eigenvalue weighted by Crippen LogP contribution is 2.22. The first-order valence-corrected chi connectivity index (χ1v) is 9.04. The van der Waals surface area contributed by atoms with Gasteiger partial charge >= 0.3 is 0 Å². The van der Waals surface area contributed by atoms with Gasteiger partial charge in [-0.15, -0.1) is 0 Å². The van der Waals surface area contributed by atoms with Gasteiger partial charge in [-0.25, -0.2) is 0 Å². The normalized spacial score (nSPS) is 24.8. The number of hydrogen-bond donors (Lipinski definition) is 1. The zero-order valence-corrected chi connectivity index (χ0v) is 14.7. The lowest BCUT2D eigenvalue weighted by atomic mass is 9.92. The number of pyridine rings is 1. The lowest BCUT2D eigenvalue weighted by molar-refractivity contribution is -0.137. The first-order valence-electron chi connectivity index (χ1n) is 9.04. The molecular formula is C18H28N4O2. The molecule has 0 spiro atoms. The molecule has 3 rings (SSSR count). The Bertz CT molecular complexity index is 558. The van der Waals surface area contributed by atoms with E-state index in [0.29, 0.717) is 24.4 Å². The summed E-state index contributed by atoms with van der Waals surface area (Å²) < 4.78 is 5.48. The van der Waals surface area contributed by atoms with Crippen molar-refractivity contribution in [2.45, 2.75) is 32.7 Å². The van der Waals surface area contributed by atoms with Crippen LogP contribution in [0.1, 0.15) is 26.7 Å². The topological polar surface area (TPSA) is 57.7 Å². The van der Waals surface area contributed by atoms with E-state index in [1.54, 1.807) is 0 Å². The van der Waals surface area contributed by atoms with Gasteiger partial charge in [-0.2, -0.15) is 4.98 Å². The van der Waals surface area contributed by atoms with Gasteiger partial charge in [-0.3, -0.25) is 4.79 Å². The van der Waals surface area contributed by atoms with Crippen LogP contribution in [-0.2, 0) is 4.79 Å². The minimum absolute atomic E-state index is 0.187. The van der Waals surface area contributed by atoms with Gasteiger partial charge in [0, 0.05) is 44.2 Å². The molecule has 132 valence electrons. The Kier molecular flexibility index (Phi) is 5.56. The van der Waals surface area contributed by atoms with Crippen molar-refractivity contribution in [2.24, 2.45) is 5.92 Å². The fourth-order valence-corrected chi connectivity index (χ4v) is 3.58. The van der Waals surface area contributed by atoms with Gasteiger partial charge in [0.05, 0.1) is 6.61 Å². The minimum atomic E-state index is 0.187. The number of carbonyl (C=O) groups is 1. The van der Waals surface area contributed by atoms with Gasteiger partial charge < -0.3 is 19.9 Å². The van der Waals surface area contributed by atoms with Crippen LogP contribution in [0.15, 0.2) is 18.2 Å². The number of ether oxygens (including phenoxy) is 1. The molecular weight excluding hydrogens is 304 g/mol. The zero-order chi connectivity index (χ0) is 16.9. The van der Waals surface area contributed by atoms with E-state index in [-0.39, 0.29) is 5.92 Å². The Balaban J connectivity index is 1.55. The van der Waals surface area contributed by atoms with Crippen molar-refractivity contribution < 1.29 is 9.53 Å². The van der Waals surface area contributed by atoms with Gasteiger partial charge in [0.15, 0.2) is 0 Å². The SMILES string of the molecule is CCOc1cccc(N2CCN(C(=O)[C@H]3CCN[C@@H](C)C3)CC2)n1. The molecule has 6 heteroatoms. The van der Waals surface area contributed by atoms with Crippen molar-refractivity contribution in [1.82, 2.24) is 15.2 Å². The number of nitrogens with one attached hydrogen (secondary N) is 1. The van der Waals surface area contributed by atoms with Crippen LogP contribution in [0.25, 0.3) is 0 Å². The number of hydrogen-bond acceptors (Lipinski definition) is 5. The van der Waals surface area contributed by atoms with Crippen LogP contribution in [-0.4, -0.2) is 61.2 Å². The fourth-order valence-electron chi connectivity index (χ4n) is 3.58. The highest BCUT2D eigenvalue weighted by Gasteiger charge is 2.30. The monoisotopic (exact) mass is 332 g/mol. The summed E-state index contributed by atoms with van der Waals surface area (Å²) in [4.78, 5) is 21.5. The molecule has 0 unspecified atom stereocenters. The highest BCUT2D eigenvalue weighted by atomic mass is 16.5. The molecule has 0 bridgehead atoms. The Morgan fingerprint density at radius 3 is 2.83 bits per heavy atom. The van der Waals surface area contributed by atoms with Crippen LogP contribution < -0.4 is 15.0 Å². The molecule has 2 aliphatic rings. The summed E-state index contributed by atoms with van der Waals surface area (Å²) in [5, 5.41) is 3.41. The molecule has 2 saturated heterocycles. The number of piperazine rings is 1. The number of amides is 1. The van der Waals surface area contributed by atoms with Crippen molar-refractivity contribution in [3.05, 3.63) is 18.2 Å². The Labute approximate surface area is 144 Å².